The van der Waals surface area contributed by atoms with Gasteiger partial charge in [-0.25, -0.2) is 0 Å². The highest BCUT2D eigenvalue weighted by molar-refractivity contribution is 5.86. The molecule has 746 valence electrons. The van der Waals surface area contributed by atoms with Gasteiger partial charge in [-0.2, -0.15) is 0 Å². The largest absolute Gasteiger partial charge is 0.464 e. The average Bonchev–Trinajstić information content (AvgIpc) is 0.808. The molecule has 6 unspecified atom stereocenters. The molecule has 6 atom stereocenters. The molecule has 48 heteroatoms. The Morgan fingerprint density at radius 2 is 0.217 bits per heavy atom. The molecular weight excluding hydrogens is 1740 g/mol. The molecule has 0 aliphatic heterocycles. The van der Waals surface area contributed by atoms with E-state index in [9.17, 15) is 149 Å². The van der Waals surface area contributed by atoms with Gasteiger partial charge in [0.1, 0.15) is 180 Å². The van der Waals surface area contributed by atoms with E-state index < -0.39 is 401 Å². The Morgan fingerprint density at radius 1 is 0.140 bits per heavy atom. The molecule has 48 nitrogen and oxygen atoms in total. The van der Waals surface area contributed by atoms with Crippen LogP contribution in [0.3, 0.4) is 0 Å². The van der Waals surface area contributed by atoms with Crippen LogP contribution in [0, 0.1) is 86.6 Å². The SMILES string of the molecule is CCC(COC(=O)C(C)(COC(=O)C(C)(CO)COC(=O)C(C)(CO)CO)COC(=O)C(C)(CO)COC(=O)C(C)(CO)CO)(COC(=O)C(C)(COC(=O)C(C)(CO)COC(=O)C(C)(CO)CO)COC(=O)C(C)(CO)COC(=O)C(C)(CO)CO)COC(=O)C(C)(COC(=O)C(C)(CO)COC(=O)C(C)(CO)CO)COC(=O)C(C)(CO)COC(=O)C(C)(CO)CO. The summed E-state index contributed by atoms with van der Waals surface area (Å²) in [6.45, 7) is -21.5. The maximum atomic E-state index is 15.3. The predicted molar refractivity (Wildman–Crippen MR) is 426 cm³/mol. The lowest BCUT2D eigenvalue weighted by Gasteiger charge is -2.37. The van der Waals surface area contributed by atoms with Crippen LogP contribution < -0.4 is 0 Å². The number of ether oxygens (including phenoxy) is 15. The van der Waals surface area contributed by atoms with Gasteiger partial charge < -0.3 is 163 Å². The van der Waals surface area contributed by atoms with E-state index in [-0.39, 0.29) is 0 Å². The summed E-state index contributed by atoms with van der Waals surface area (Å²) < 4.78 is 82.1. The van der Waals surface area contributed by atoms with Gasteiger partial charge in [0.25, 0.3) is 0 Å². The van der Waals surface area contributed by atoms with Crippen LogP contribution >= 0.6 is 0 Å². The fourth-order valence-corrected chi connectivity index (χ4v) is 8.97. The second-order valence-electron chi connectivity index (χ2n) is 36.8. The molecule has 0 rings (SSSR count). The van der Waals surface area contributed by atoms with Gasteiger partial charge in [0, 0.05) is 0 Å². The molecule has 129 heavy (non-hydrogen) atoms. The van der Waals surface area contributed by atoms with Crippen LogP contribution in [-0.2, 0) is 143 Å². The molecule has 0 saturated heterocycles. The Balaban J connectivity index is 9.36. The highest BCUT2D eigenvalue weighted by Gasteiger charge is 2.53. The van der Waals surface area contributed by atoms with Crippen molar-refractivity contribution >= 4 is 89.5 Å². The first-order valence-electron chi connectivity index (χ1n) is 40.1. The van der Waals surface area contributed by atoms with Crippen molar-refractivity contribution in [3.05, 3.63) is 0 Å². The topological polar surface area (TPSA) is 759 Å². The maximum Gasteiger partial charge on any atom is 0.318 e. The minimum absolute atomic E-state index is 0.627. The summed E-state index contributed by atoms with van der Waals surface area (Å²) in [7, 11) is 0. The van der Waals surface area contributed by atoms with Gasteiger partial charge in [0.15, 0.2) is 0 Å². The standard InChI is InChI=1S/C81H134O48/c1-17-81(48-127-63(112)78(14,42-121-57(106)72(8,30-94)36-115-51(100)66(2,18-82)19-83)43-122-58(107)73(9,31-95)37-116-52(101)67(3,20-84)21-85,49-128-64(113)79(15,44-123-59(108)74(10,32-96)38-117-53(102)68(4,22-86)23-87)45-124-60(109)75(11,33-97)39-118-54(103)69(5,24-88)25-89)50-129-65(114)80(16,46-125-61(110)76(12,34-98)40-119-55(104)70(6,26-90)27-91)47-126-62(111)77(13,35-99)41-120-56(105)71(7,28-92)29-93/h82-99H,17-50H2,1-16H3. The predicted octanol–water partition coefficient (Wildman–Crippen LogP) is -7.51. The number of aliphatic hydroxyl groups is 18. The first-order chi connectivity index (χ1) is 59.6. The molecule has 0 radical (unpaired) electrons. The Labute approximate surface area is 743 Å². The Hall–Kier alpha value is -8.67. The molecule has 0 aromatic carbocycles. The third-order valence-electron chi connectivity index (χ3n) is 22.2. The Kier molecular flexibility index (Phi) is 47.4. The van der Waals surface area contributed by atoms with Gasteiger partial charge in [-0.1, -0.05) is 6.92 Å². The van der Waals surface area contributed by atoms with E-state index in [0.717, 1.165) is 104 Å². The number of hydrogen-bond donors (Lipinski definition) is 18. The Morgan fingerprint density at radius 3 is 0.310 bits per heavy atom. The zero-order valence-corrected chi connectivity index (χ0v) is 75.8. The van der Waals surface area contributed by atoms with Crippen LogP contribution in [0.4, 0.5) is 0 Å². The fourth-order valence-electron chi connectivity index (χ4n) is 8.97. The second kappa shape index (κ2) is 50.8. The van der Waals surface area contributed by atoms with Crippen LogP contribution in [0.5, 0.6) is 0 Å². The van der Waals surface area contributed by atoms with Crippen molar-refractivity contribution < 1.29 is 235 Å². The van der Waals surface area contributed by atoms with E-state index >= 15 is 14.4 Å². The third kappa shape index (κ3) is 31.5. The lowest BCUT2D eigenvalue weighted by Crippen LogP contribution is -2.49. The van der Waals surface area contributed by atoms with E-state index in [4.69, 9.17) is 71.1 Å². The van der Waals surface area contributed by atoms with Crippen LogP contribution in [0.2, 0.25) is 0 Å². The van der Waals surface area contributed by atoms with Crippen molar-refractivity contribution in [2.24, 2.45) is 86.6 Å². The van der Waals surface area contributed by atoms with Gasteiger partial charge in [0.2, 0.25) is 0 Å². The van der Waals surface area contributed by atoms with E-state index in [1.165, 1.54) is 6.92 Å². The Bertz CT molecular complexity index is 3160. The zero-order valence-electron chi connectivity index (χ0n) is 75.8. The summed E-state index contributed by atoms with van der Waals surface area (Å²) in [6, 6.07) is 0. The molecule has 0 aromatic heterocycles. The van der Waals surface area contributed by atoms with Crippen molar-refractivity contribution in [2.45, 2.75) is 117 Å². The number of rotatable bonds is 64. The second-order valence-corrected chi connectivity index (χ2v) is 36.8. The molecular formula is C81H134O48. The first-order valence-corrected chi connectivity index (χ1v) is 40.1. The van der Waals surface area contributed by atoms with Gasteiger partial charge in [-0.3, -0.25) is 71.9 Å². The normalized spacial score (nSPS) is 16.9. The van der Waals surface area contributed by atoms with Crippen LogP contribution in [0.15, 0.2) is 0 Å². The van der Waals surface area contributed by atoms with Crippen LogP contribution in [0.25, 0.3) is 0 Å². The van der Waals surface area contributed by atoms with Crippen molar-refractivity contribution in [1.29, 1.82) is 0 Å². The van der Waals surface area contributed by atoms with Crippen molar-refractivity contribution in [3.8, 4) is 0 Å². The molecule has 0 fully saturated rings. The number of aliphatic hydroxyl groups excluding tert-OH is 18. The molecule has 0 heterocycles. The van der Waals surface area contributed by atoms with Crippen molar-refractivity contribution in [3.63, 3.8) is 0 Å². The highest BCUT2D eigenvalue weighted by atomic mass is 16.6. The summed E-state index contributed by atoms with van der Waals surface area (Å²) in [4.78, 5) is 210. The molecule has 0 amide bonds. The first kappa shape index (κ1) is 120. The molecule has 0 aliphatic carbocycles. The van der Waals surface area contributed by atoms with Crippen molar-refractivity contribution in [2.75, 3.05) is 218 Å². The molecule has 0 spiro atoms. The number of carbonyl (C=O) groups is 15. The number of carbonyl (C=O) groups excluding carboxylic acids is 15. The molecule has 0 bridgehead atoms. The fraction of sp³-hybridized carbons (Fsp3) is 0.815. The summed E-state index contributed by atoms with van der Waals surface area (Å²) in [5, 5.41) is 182. The molecule has 0 aromatic rings. The van der Waals surface area contributed by atoms with Gasteiger partial charge in [0.05, 0.1) is 124 Å². The average molecular weight is 1880 g/mol. The smallest absolute Gasteiger partial charge is 0.318 e. The zero-order chi connectivity index (χ0) is 100. The molecule has 0 aliphatic rings. The van der Waals surface area contributed by atoms with Gasteiger partial charge >= 0.3 is 89.5 Å². The lowest BCUT2D eigenvalue weighted by atomic mass is 9.86. The lowest BCUT2D eigenvalue weighted by molar-refractivity contribution is -0.186. The van der Waals surface area contributed by atoms with E-state index in [0.29, 0.717) is 0 Å². The van der Waals surface area contributed by atoms with Crippen LogP contribution in [0.1, 0.15) is 117 Å². The molecule has 0 saturated carbocycles. The third-order valence-corrected chi connectivity index (χ3v) is 22.2. The van der Waals surface area contributed by atoms with E-state index in [1.54, 1.807) is 0 Å². The van der Waals surface area contributed by atoms with Gasteiger partial charge in [-0.15, -0.1) is 0 Å². The summed E-state index contributed by atoms with van der Waals surface area (Å²) in [5.41, 5.74) is -36.1. The monoisotopic (exact) mass is 1870 g/mol. The van der Waals surface area contributed by atoms with Gasteiger partial charge in [-0.05, 0) is 110 Å². The van der Waals surface area contributed by atoms with E-state index in [1.807, 2.05) is 0 Å². The quantitative estimate of drug-likeness (QED) is 0.0199. The summed E-state index contributed by atoms with van der Waals surface area (Å²) in [5.74, 6) is -21.8. The van der Waals surface area contributed by atoms with Crippen molar-refractivity contribution in [1.82, 2.24) is 0 Å². The molecule has 18 N–H and O–H groups in total. The van der Waals surface area contributed by atoms with E-state index in [2.05, 4.69) is 0 Å². The summed E-state index contributed by atoms with van der Waals surface area (Å²) >= 11 is 0. The number of hydrogen-bond acceptors (Lipinski definition) is 48. The maximum absolute atomic E-state index is 15.3. The minimum Gasteiger partial charge on any atom is -0.464 e. The minimum atomic E-state index is -2.66. The highest BCUT2D eigenvalue weighted by Crippen LogP contribution is 2.37. The van der Waals surface area contributed by atoms with Crippen LogP contribution in [-0.4, -0.2) is 399 Å². The summed E-state index contributed by atoms with van der Waals surface area (Å²) in [6.07, 6.45) is -0.627. The number of esters is 15.